The second-order valence-corrected chi connectivity index (χ2v) is 7.43. The number of nitrogens with zero attached hydrogens (tertiary/aromatic N) is 7. The smallest absolute Gasteiger partial charge is 0.290 e. The van der Waals surface area contributed by atoms with Crippen LogP contribution in [0.3, 0.4) is 0 Å². The maximum absolute atomic E-state index is 12.5. The van der Waals surface area contributed by atoms with Crippen LogP contribution in [0.4, 0.5) is 0 Å². The van der Waals surface area contributed by atoms with Gasteiger partial charge < -0.3 is 9.64 Å². The molecule has 1 amide bonds. The molecule has 29 heavy (non-hydrogen) atoms. The van der Waals surface area contributed by atoms with Gasteiger partial charge in [0.2, 0.25) is 0 Å². The lowest BCUT2D eigenvalue weighted by molar-refractivity contribution is -0.114. The number of nitriles is 1. The number of dihydropyridines is 2. The summed E-state index contributed by atoms with van der Waals surface area (Å²) in [5, 5.41) is 14.1. The molecule has 5 rings (SSSR count). The van der Waals surface area contributed by atoms with Crippen LogP contribution in [0.1, 0.15) is 12.5 Å². The molecule has 5 heterocycles. The number of carbonyl (C=O) groups is 1. The van der Waals surface area contributed by atoms with Gasteiger partial charge in [-0.1, -0.05) is 0 Å². The Morgan fingerprint density at radius 3 is 2.86 bits per heavy atom. The number of morpholine rings is 1. The van der Waals surface area contributed by atoms with Crippen LogP contribution in [-0.4, -0.2) is 83.0 Å². The van der Waals surface area contributed by atoms with Crippen LogP contribution in [0.5, 0.6) is 0 Å². The van der Waals surface area contributed by atoms with E-state index in [1.165, 1.54) is 0 Å². The van der Waals surface area contributed by atoms with Crippen LogP contribution in [0.25, 0.3) is 0 Å². The van der Waals surface area contributed by atoms with Crippen molar-refractivity contribution < 1.29 is 9.53 Å². The second-order valence-electron chi connectivity index (χ2n) is 7.43. The van der Waals surface area contributed by atoms with Gasteiger partial charge in [0.05, 0.1) is 36.9 Å². The zero-order valence-electron chi connectivity index (χ0n) is 15.9. The number of hydrogen-bond donors (Lipinski definition) is 0. The Morgan fingerprint density at radius 2 is 2.10 bits per heavy atom. The monoisotopic (exact) mass is 391 g/mol. The van der Waals surface area contributed by atoms with E-state index in [-0.39, 0.29) is 17.8 Å². The lowest BCUT2D eigenvalue weighted by atomic mass is 9.95. The van der Waals surface area contributed by atoms with E-state index >= 15 is 0 Å². The molecule has 4 aliphatic heterocycles. The molecular weight excluding hydrogens is 370 g/mol. The third-order valence-corrected chi connectivity index (χ3v) is 5.78. The van der Waals surface area contributed by atoms with Crippen LogP contribution in [0.2, 0.25) is 0 Å². The van der Waals surface area contributed by atoms with Gasteiger partial charge in [0, 0.05) is 44.1 Å². The Balaban J connectivity index is 1.48. The molecule has 0 aromatic carbocycles. The van der Waals surface area contributed by atoms with Crippen molar-refractivity contribution in [2.75, 3.05) is 39.4 Å². The molecule has 0 N–H and O–H groups in total. The van der Waals surface area contributed by atoms with Crippen LogP contribution in [0, 0.1) is 11.3 Å². The predicted molar refractivity (Wildman–Crippen MR) is 105 cm³/mol. The van der Waals surface area contributed by atoms with E-state index in [0.717, 1.165) is 31.6 Å². The minimum atomic E-state index is -0.492. The molecule has 1 aromatic heterocycles. The van der Waals surface area contributed by atoms with Crippen molar-refractivity contribution in [2.45, 2.75) is 18.6 Å². The molecule has 2 atom stereocenters. The molecule has 9 nitrogen and oxygen atoms in total. The predicted octanol–water partition coefficient (Wildman–Crippen LogP) is 0.558. The van der Waals surface area contributed by atoms with Gasteiger partial charge in [-0.2, -0.15) is 10.4 Å². The van der Waals surface area contributed by atoms with Crippen LogP contribution in [-0.2, 0) is 9.53 Å². The number of hydrogen-bond acceptors (Lipinski definition) is 7. The fourth-order valence-electron chi connectivity index (χ4n) is 4.31. The van der Waals surface area contributed by atoms with Gasteiger partial charge in [-0.25, -0.2) is 4.99 Å². The number of aliphatic imine (C=N–C) groups is 2. The Hall–Kier alpha value is -3.09. The molecule has 0 radical (unpaired) electrons. The van der Waals surface area contributed by atoms with E-state index in [1.54, 1.807) is 12.4 Å². The molecule has 1 aromatic rings. The van der Waals surface area contributed by atoms with Crippen LogP contribution < -0.4 is 0 Å². The van der Waals surface area contributed by atoms with Crippen molar-refractivity contribution in [3.8, 4) is 6.07 Å². The molecule has 148 valence electrons. The molecule has 0 saturated carbocycles. The fourth-order valence-corrected chi connectivity index (χ4v) is 4.31. The zero-order valence-corrected chi connectivity index (χ0v) is 15.9. The van der Waals surface area contributed by atoms with E-state index in [0.29, 0.717) is 31.2 Å². The maximum atomic E-state index is 12.5. The van der Waals surface area contributed by atoms with E-state index in [1.807, 2.05) is 23.0 Å². The topological polar surface area (TPSA) is 99.1 Å². The summed E-state index contributed by atoms with van der Waals surface area (Å²) in [5.41, 5.74) is 2.16. The second kappa shape index (κ2) is 7.39. The van der Waals surface area contributed by atoms with Crippen LogP contribution >= 0.6 is 0 Å². The summed E-state index contributed by atoms with van der Waals surface area (Å²) in [6.07, 6.45) is 8.19. The molecule has 0 aliphatic carbocycles. The number of likely N-dealkylation sites (tertiary alicyclic amines) is 1. The van der Waals surface area contributed by atoms with Crippen molar-refractivity contribution in [1.82, 2.24) is 19.6 Å². The number of ether oxygens (including phenoxy) is 1. The van der Waals surface area contributed by atoms with Crippen molar-refractivity contribution >= 4 is 17.8 Å². The number of aromatic nitrogens is 2. The summed E-state index contributed by atoms with van der Waals surface area (Å²) in [6, 6.07) is 4.22. The SMILES string of the molecule is N#CC1=C(N2CC[C@@H](n3cccn3)C2)C2=CC(N3CCOCC3)N=CC2=NC1=O. The Labute approximate surface area is 168 Å². The lowest BCUT2D eigenvalue weighted by Gasteiger charge is -2.34. The third-order valence-electron chi connectivity index (χ3n) is 5.78. The first-order valence-electron chi connectivity index (χ1n) is 9.83. The number of amides is 1. The van der Waals surface area contributed by atoms with E-state index in [9.17, 15) is 10.1 Å². The third kappa shape index (κ3) is 3.20. The Morgan fingerprint density at radius 1 is 1.24 bits per heavy atom. The number of carbonyl (C=O) groups excluding carboxylic acids is 1. The first kappa shape index (κ1) is 18.0. The normalized spacial score (nSPS) is 27.6. The van der Waals surface area contributed by atoms with Gasteiger partial charge >= 0.3 is 0 Å². The highest BCUT2D eigenvalue weighted by atomic mass is 16.5. The highest BCUT2D eigenvalue weighted by molar-refractivity contribution is 6.43. The van der Waals surface area contributed by atoms with E-state index < -0.39 is 5.91 Å². The summed E-state index contributed by atoms with van der Waals surface area (Å²) in [4.78, 5) is 25.6. The van der Waals surface area contributed by atoms with Gasteiger partial charge in [0.1, 0.15) is 17.8 Å². The average molecular weight is 391 g/mol. The quantitative estimate of drug-likeness (QED) is 0.747. The van der Waals surface area contributed by atoms with Gasteiger partial charge in [-0.15, -0.1) is 0 Å². The molecule has 0 spiro atoms. The Kier molecular flexibility index (Phi) is 4.58. The van der Waals surface area contributed by atoms with Crippen molar-refractivity contribution in [2.24, 2.45) is 9.98 Å². The van der Waals surface area contributed by atoms with E-state index in [4.69, 9.17) is 4.74 Å². The summed E-state index contributed by atoms with van der Waals surface area (Å²) in [6.45, 7) is 4.40. The number of allylic oxidation sites excluding steroid dienone is 1. The molecule has 0 bridgehead atoms. The summed E-state index contributed by atoms with van der Waals surface area (Å²) >= 11 is 0. The van der Waals surface area contributed by atoms with Crippen LogP contribution in [0.15, 0.2) is 51.4 Å². The van der Waals surface area contributed by atoms with Crippen molar-refractivity contribution in [3.63, 3.8) is 0 Å². The number of fused-ring (bicyclic) bond motifs is 1. The molecule has 1 unspecified atom stereocenters. The minimum absolute atomic E-state index is 0.108. The maximum Gasteiger partial charge on any atom is 0.290 e. The largest absolute Gasteiger partial charge is 0.379 e. The minimum Gasteiger partial charge on any atom is -0.379 e. The van der Waals surface area contributed by atoms with Crippen molar-refractivity contribution in [3.05, 3.63) is 41.4 Å². The molecule has 2 fully saturated rings. The summed E-state index contributed by atoms with van der Waals surface area (Å²) < 4.78 is 7.39. The average Bonchev–Trinajstić information content (AvgIpc) is 3.45. The van der Waals surface area contributed by atoms with E-state index in [2.05, 4.69) is 31.0 Å². The summed E-state index contributed by atoms with van der Waals surface area (Å²) in [5.74, 6) is -0.492. The first-order valence-corrected chi connectivity index (χ1v) is 9.83. The first-order chi connectivity index (χ1) is 14.2. The lowest BCUT2D eigenvalue weighted by Crippen LogP contribution is -2.44. The molecule has 9 heteroatoms. The van der Waals surface area contributed by atoms with Crippen molar-refractivity contribution in [1.29, 1.82) is 5.26 Å². The highest BCUT2D eigenvalue weighted by Gasteiger charge is 2.36. The number of rotatable bonds is 3. The fraction of sp³-hybridized carbons (Fsp3) is 0.450. The molecular formula is C20H21N7O2. The van der Waals surface area contributed by atoms with Gasteiger partial charge in [-0.05, 0) is 18.6 Å². The molecule has 2 saturated heterocycles. The highest BCUT2D eigenvalue weighted by Crippen LogP contribution is 2.33. The Bertz CT molecular complexity index is 977. The standard InChI is InChI=1S/C20H21N7O2/c21-11-16-19(26-5-2-14(13-26)27-4-1-3-23-27)15-10-18(25-6-8-29-9-7-25)22-12-17(15)24-20(16)28/h1,3-4,10,12,14,18H,2,5-9,13H2/t14-,18?/m1/s1. The van der Waals surface area contributed by atoms with Gasteiger partial charge in [0.15, 0.2) is 0 Å². The molecule has 4 aliphatic rings. The van der Waals surface area contributed by atoms with Gasteiger partial charge in [0.25, 0.3) is 5.91 Å². The van der Waals surface area contributed by atoms with Gasteiger partial charge in [-0.3, -0.25) is 19.4 Å². The zero-order chi connectivity index (χ0) is 19.8. The summed E-state index contributed by atoms with van der Waals surface area (Å²) in [7, 11) is 0.